The zero-order valence-corrected chi connectivity index (χ0v) is 12.7. The molecule has 0 spiro atoms. The molecule has 0 fully saturated rings. The van der Waals surface area contributed by atoms with Crippen LogP contribution in [0.1, 0.15) is 26.2 Å². The fourth-order valence-electron chi connectivity index (χ4n) is 1.62. The third-order valence-electron chi connectivity index (χ3n) is 2.61. The minimum absolute atomic E-state index is 0.0655. The molecule has 0 N–H and O–H groups in total. The van der Waals surface area contributed by atoms with Crippen LogP contribution in [0, 0.1) is 10.1 Å². The highest BCUT2D eigenvalue weighted by atomic mass is 28.4. The summed E-state index contributed by atoms with van der Waals surface area (Å²) in [5, 5.41) is 10.5. The Kier molecular flexibility index (Phi) is 5.97. The van der Waals surface area contributed by atoms with Crippen LogP contribution in [0.5, 0.6) is 5.75 Å². The van der Waals surface area contributed by atoms with Gasteiger partial charge in [-0.2, -0.15) is 0 Å². The highest BCUT2D eigenvalue weighted by Crippen LogP contribution is 2.21. The van der Waals surface area contributed by atoms with Crippen molar-refractivity contribution in [1.29, 1.82) is 0 Å². The number of hydrogen-bond donors (Lipinski definition) is 0. The number of hydrogen-bond acceptors (Lipinski definition) is 4. The fraction of sp³-hybridized carbons (Fsp3) is 0.538. The number of rotatable bonds is 8. The Balaban J connectivity index is 2.50. The summed E-state index contributed by atoms with van der Waals surface area (Å²) in [6.45, 7) is 6.80. The second kappa shape index (κ2) is 7.25. The summed E-state index contributed by atoms with van der Waals surface area (Å²) in [5.74, 6) is 0.623. The topological polar surface area (TPSA) is 61.6 Å². The van der Waals surface area contributed by atoms with Gasteiger partial charge in [0.1, 0.15) is 5.75 Å². The number of benzene rings is 1. The molecule has 0 aromatic heterocycles. The first-order valence-electron chi connectivity index (χ1n) is 6.52. The minimum Gasteiger partial charge on any atom is -0.520 e. The number of unbranched alkanes of at least 4 members (excludes halogenated alkanes) is 2. The number of nitrogens with zero attached hydrogens (tertiary/aromatic N) is 1. The number of nitro benzene ring substituents is 1. The largest absolute Gasteiger partial charge is 0.520 e. The van der Waals surface area contributed by atoms with Gasteiger partial charge in [0.15, 0.2) is 0 Å². The van der Waals surface area contributed by atoms with Gasteiger partial charge in [-0.05, 0) is 31.6 Å². The van der Waals surface area contributed by atoms with Crippen molar-refractivity contribution in [2.45, 2.75) is 39.3 Å². The average molecular weight is 283 g/mol. The summed E-state index contributed by atoms with van der Waals surface area (Å²) in [6, 6.07) is 6.11. The third-order valence-corrected chi connectivity index (χ3v) is 4.24. The zero-order chi connectivity index (χ0) is 14.3. The fourth-order valence-corrected chi connectivity index (χ4v) is 3.02. The predicted molar refractivity (Wildman–Crippen MR) is 76.7 cm³/mol. The molecule has 0 amide bonds. The molecule has 1 aromatic carbocycles. The van der Waals surface area contributed by atoms with Crippen LogP contribution in [-0.2, 0) is 4.43 Å². The molecule has 0 atom stereocenters. The average Bonchev–Trinajstić information content (AvgIpc) is 2.35. The Labute approximate surface area is 114 Å². The van der Waals surface area contributed by atoms with E-state index in [1.165, 1.54) is 12.1 Å². The van der Waals surface area contributed by atoms with Gasteiger partial charge < -0.3 is 8.85 Å². The number of nitro groups is 1. The lowest BCUT2D eigenvalue weighted by atomic mass is 10.3. The van der Waals surface area contributed by atoms with Gasteiger partial charge in [-0.3, -0.25) is 10.1 Å². The van der Waals surface area contributed by atoms with E-state index in [1.807, 2.05) is 13.1 Å². The van der Waals surface area contributed by atoms with Gasteiger partial charge in [0.25, 0.3) is 5.69 Å². The van der Waals surface area contributed by atoms with E-state index in [4.69, 9.17) is 8.85 Å². The summed E-state index contributed by atoms with van der Waals surface area (Å²) >= 11 is 0. The molecule has 0 saturated heterocycles. The maximum Gasteiger partial charge on any atom is 0.392 e. The maximum absolute atomic E-state index is 10.5. The van der Waals surface area contributed by atoms with Crippen molar-refractivity contribution in [1.82, 2.24) is 0 Å². The van der Waals surface area contributed by atoms with E-state index in [0.29, 0.717) is 12.4 Å². The SMILES string of the molecule is CCCCCO[Si](C)(C)Oc1ccc([N+](=O)[O-])cc1. The first kappa shape index (κ1) is 15.7. The third kappa shape index (κ3) is 5.85. The van der Waals surface area contributed by atoms with E-state index in [1.54, 1.807) is 12.1 Å². The molecule has 19 heavy (non-hydrogen) atoms. The Hall–Kier alpha value is -1.40. The predicted octanol–water partition coefficient (Wildman–Crippen LogP) is 3.88. The second-order valence-electron chi connectivity index (χ2n) is 4.81. The molecule has 0 bridgehead atoms. The van der Waals surface area contributed by atoms with Crippen molar-refractivity contribution in [2.75, 3.05) is 6.61 Å². The molecule has 1 aromatic rings. The smallest absolute Gasteiger partial charge is 0.392 e. The van der Waals surface area contributed by atoms with E-state index in [9.17, 15) is 10.1 Å². The van der Waals surface area contributed by atoms with E-state index in [0.717, 1.165) is 19.3 Å². The molecule has 0 unspecified atom stereocenters. The van der Waals surface area contributed by atoms with Crippen LogP contribution in [-0.4, -0.2) is 20.1 Å². The molecule has 1 rings (SSSR count). The standard InChI is InChI=1S/C13H21NO4Si/c1-4-5-6-11-17-19(2,3)18-13-9-7-12(8-10-13)14(15)16/h7-10H,4-6,11H2,1-3H3. The molecular formula is C13H21NO4Si. The van der Waals surface area contributed by atoms with Gasteiger partial charge in [0.2, 0.25) is 0 Å². The Morgan fingerprint density at radius 1 is 1.21 bits per heavy atom. The van der Waals surface area contributed by atoms with Crippen LogP contribution in [0.25, 0.3) is 0 Å². The van der Waals surface area contributed by atoms with Crippen molar-refractivity contribution in [2.24, 2.45) is 0 Å². The van der Waals surface area contributed by atoms with Gasteiger partial charge in [0.05, 0.1) is 4.92 Å². The Morgan fingerprint density at radius 3 is 2.37 bits per heavy atom. The monoisotopic (exact) mass is 283 g/mol. The van der Waals surface area contributed by atoms with E-state index in [2.05, 4.69) is 6.92 Å². The van der Waals surface area contributed by atoms with Crippen molar-refractivity contribution in [3.63, 3.8) is 0 Å². The first-order chi connectivity index (χ1) is 8.94. The lowest BCUT2D eigenvalue weighted by Crippen LogP contribution is -2.38. The van der Waals surface area contributed by atoms with E-state index >= 15 is 0 Å². The van der Waals surface area contributed by atoms with Gasteiger partial charge in [-0.1, -0.05) is 19.8 Å². The Bertz CT molecular complexity index is 406. The quantitative estimate of drug-likeness (QED) is 0.314. The van der Waals surface area contributed by atoms with Crippen molar-refractivity contribution >= 4 is 14.2 Å². The Morgan fingerprint density at radius 2 is 1.84 bits per heavy atom. The molecule has 0 saturated carbocycles. The normalized spacial score (nSPS) is 11.3. The molecule has 6 heteroatoms. The lowest BCUT2D eigenvalue weighted by molar-refractivity contribution is -0.384. The van der Waals surface area contributed by atoms with Gasteiger partial charge in [-0.15, -0.1) is 0 Å². The highest BCUT2D eigenvalue weighted by Gasteiger charge is 2.26. The van der Waals surface area contributed by atoms with Crippen LogP contribution in [0.2, 0.25) is 13.1 Å². The lowest BCUT2D eigenvalue weighted by Gasteiger charge is -2.23. The summed E-state index contributed by atoms with van der Waals surface area (Å²) in [6.07, 6.45) is 3.35. The van der Waals surface area contributed by atoms with E-state index < -0.39 is 13.5 Å². The summed E-state index contributed by atoms with van der Waals surface area (Å²) < 4.78 is 11.6. The maximum atomic E-state index is 10.5. The number of non-ortho nitro benzene ring substituents is 1. The van der Waals surface area contributed by atoms with Crippen molar-refractivity contribution in [3.05, 3.63) is 34.4 Å². The minimum atomic E-state index is -2.21. The van der Waals surface area contributed by atoms with Crippen molar-refractivity contribution in [3.8, 4) is 5.75 Å². The molecule has 106 valence electrons. The van der Waals surface area contributed by atoms with Crippen LogP contribution in [0.4, 0.5) is 5.69 Å². The van der Waals surface area contributed by atoms with Gasteiger partial charge in [-0.25, -0.2) is 0 Å². The van der Waals surface area contributed by atoms with Gasteiger partial charge in [0, 0.05) is 18.7 Å². The molecule has 5 nitrogen and oxygen atoms in total. The highest BCUT2D eigenvalue weighted by molar-refractivity contribution is 6.65. The molecule has 0 aliphatic carbocycles. The van der Waals surface area contributed by atoms with Crippen LogP contribution in [0.3, 0.4) is 0 Å². The zero-order valence-electron chi connectivity index (χ0n) is 11.7. The summed E-state index contributed by atoms with van der Waals surface area (Å²) in [5.41, 5.74) is 0.0655. The van der Waals surface area contributed by atoms with E-state index in [-0.39, 0.29) is 5.69 Å². The second-order valence-corrected chi connectivity index (χ2v) is 8.10. The van der Waals surface area contributed by atoms with Crippen LogP contribution < -0.4 is 4.43 Å². The molecule has 0 aliphatic rings. The molecule has 0 radical (unpaired) electrons. The molecule has 0 aliphatic heterocycles. The summed E-state index contributed by atoms with van der Waals surface area (Å²) in [4.78, 5) is 10.1. The van der Waals surface area contributed by atoms with Crippen LogP contribution >= 0.6 is 0 Å². The first-order valence-corrected chi connectivity index (χ1v) is 9.33. The summed E-state index contributed by atoms with van der Waals surface area (Å²) in [7, 11) is -2.21. The molecule has 0 heterocycles. The molecular weight excluding hydrogens is 262 g/mol. The van der Waals surface area contributed by atoms with Gasteiger partial charge >= 0.3 is 8.56 Å². The van der Waals surface area contributed by atoms with Crippen LogP contribution in [0.15, 0.2) is 24.3 Å². The van der Waals surface area contributed by atoms with Crippen molar-refractivity contribution < 1.29 is 13.8 Å².